The lowest BCUT2D eigenvalue weighted by Gasteiger charge is -2.26. The summed E-state index contributed by atoms with van der Waals surface area (Å²) in [6.07, 6.45) is 1.49. The molecular weight excluding hydrogens is 253 g/mol. The van der Waals surface area contributed by atoms with Gasteiger partial charge < -0.3 is 10.6 Å². The van der Waals surface area contributed by atoms with Crippen LogP contribution in [0.2, 0.25) is 0 Å². The molecule has 0 aromatic carbocycles. The molecule has 1 aromatic heterocycles. The molecule has 0 bridgehead atoms. The standard InChI is InChI=1S/C12H16FN3OS/c1-8(2)16(6-5-11(14)18)12(17)10-4-3-9(13)7-15-10/h3-4,7-8H,5-6H2,1-2H3,(H2,14,18). The summed E-state index contributed by atoms with van der Waals surface area (Å²) < 4.78 is 12.7. The minimum Gasteiger partial charge on any atom is -0.393 e. The number of thiocarbonyl (C=S) groups is 1. The third kappa shape index (κ3) is 4.03. The van der Waals surface area contributed by atoms with E-state index in [-0.39, 0.29) is 17.6 Å². The van der Waals surface area contributed by atoms with Gasteiger partial charge in [0.05, 0.1) is 11.2 Å². The predicted molar refractivity (Wildman–Crippen MR) is 71.8 cm³/mol. The van der Waals surface area contributed by atoms with Crippen LogP contribution < -0.4 is 5.73 Å². The number of carbonyl (C=O) groups is 1. The molecule has 1 heterocycles. The molecule has 98 valence electrons. The van der Waals surface area contributed by atoms with E-state index in [1.54, 1.807) is 4.90 Å². The summed E-state index contributed by atoms with van der Waals surface area (Å²) in [7, 11) is 0. The second-order valence-corrected chi connectivity index (χ2v) is 4.69. The summed E-state index contributed by atoms with van der Waals surface area (Å²) >= 11 is 4.80. The van der Waals surface area contributed by atoms with Crippen molar-refractivity contribution in [1.29, 1.82) is 0 Å². The molecule has 0 radical (unpaired) electrons. The molecule has 0 saturated carbocycles. The van der Waals surface area contributed by atoms with Crippen LogP contribution in [0.1, 0.15) is 30.8 Å². The van der Waals surface area contributed by atoms with Crippen molar-refractivity contribution < 1.29 is 9.18 Å². The van der Waals surface area contributed by atoms with Crippen molar-refractivity contribution in [3.8, 4) is 0 Å². The number of amides is 1. The Morgan fingerprint density at radius 1 is 1.56 bits per heavy atom. The van der Waals surface area contributed by atoms with E-state index in [0.29, 0.717) is 18.0 Å². The lowest BCUT2D eigenvalue weighted by Crippen LogP contribution is -2.39. The summed E-state index contributed by atoms with van der Waals surface area (Å²) in [4.78, 5) is 17.9. The van der Waals surface area contributed by atoms with Gasteiger partial charge in [-0.1, -0.05) is 12.2 Å². The van der Waals surface area contributed by atoms with Crippen LogP contribution in [-0.2, 0) is 0 Å². The molecule has 18 heavy (non-hydrogen) atoms. The highest BCUT2D eigenvalue weighted by Crippen LogP contribution is 2.08. The number of pyridine rings is 1. The highest BCUT2D eigenvalue weighted by molar-refractivity contribution is 7.80. The molecule has 0 aliphatic carbocycles. The Morgan fingerprint density at radius 2 is 2.22 bits per heavy atom. The third-order valence-corrected chi connectivity index (χ3v) is 2.63. The molecule has 0 aliphatic heterocycles. The van der Waals surface area contributed by atoms with Crippen molar-refractivity contribution in [3.05, 3.63) is 29.8 Å². The van der Waals surface area contributed by atoms with Gasteiger partial charge in [0.25, 0.3) is 5.91 Å². The van der Waals surface area contributed by atoms with Gasteiger partial charge in [0, 0.05) is 19.0 Å². The van der Waals surface area contributed by atoms with Gasteiger partial charge in [-0.15, -0.1) is 0 Å². The minimum absolute atomic E-state index is 0.00120. The Morgan fingerprint density at radius 3 is 2.67 bits per heavy atom. The van der Waals surface area contributed by atoms with Gasteiger partial charge in [0.2, 0.25) is 0 Å². The average molecular weight is 269 g/mol. The van der Waals surface area contributed by atoms with E-state index >= 15 is 0 Å². The molecule has 0 unspecified atom stereocenters. The number of hydrogen-bond donors (Lipinski definition) is 1. The second kappa shape index (κ2) is 6.39. The van der Waals surface area contributed by atoms with Crippen molar-refractivity contribution in [2.75, 3.05) is 6.54 Å². The van der Waals surface area contributed by atoms with Crippen LogP contribution in [0.5, 0.6) is 0 Å². The number of nitrogens with zero attached hydrogens (tertiary/aromatic N) is 2. The van der Waals surface area contributed by atoms with Crippen LogP contribution in [-0.4, -0.2) is 33.4 Å². The van der Waals surface area contributed by atoms with Crippen molar-refractivity contribution in [2.45, 2.75) is 26.3 Å². The first-order valence-corrected chi connectivity index (χ1v) is 6.03. The first-order valence-electron chi connectivity index (χ1n) is 5.62. The van der Waals surface area contributed by atoms with Crippen LogP contribution >= 0.6 is 12.2 Å². The smallest absolute Gasteiger partial charge is 0.272 e. The Balaban J connectivity index is 2.82. The second-order valence-electron chi connectivity index (χ2n) is 4.17. The molecule has 2 N–H and O–H groups in total. The van der Waals surface area contributed by atoms with Crippen LogP contribution in [0.4, 0.5) is 4.39 Å². The van der Waals surface area contributed by atoms with Crippen LogP contribution in [0, 0.1) is 5.82 Å². The van der Waals surface area contributed by atoms with Gasteiger partial charge in [-0.3, -0.25) is 4.79 Å². The van der Waals surface area contributed by atoms with Gasteiger partial charge in [0.1, 0.15) is 11.5 Å². The van der Waals surface area contributed by atoms with Crippen molar-refractivity contribution >= 4 is 23.1 Å². The molecule has 1 amide bonds. The highest BCUT2D eigenvalue weighted by Gasteiger charge is 2.19. The normalized spacial score (nSPS) is 10.4. The maximum Gasteiger partial charge on any atom is 0.272 e. The Labute approximate surface area is 111 Å². The largest absolute Gasteiger partial charge is 0.393 e. The van der Waals surface area contributed by atoms with Crippen molar-refractivity contribution in [2.24, 2.45) is 5.73 Å². The lowest BCUT2D eigenvalue weighted by atomic mass is 10.2. The molecule has 4 nitrogen and oxygen atoms in total. The topological polar surface area (TPSA) is 59.2 Å². The van der Waals surface area contributed by atoms with E-state index in [4.69, 9.17) is 18.0 Å². The fourth-order valence-electron chi connectivity index (χ4n) is 1.47. The highest BCUT2D eigenvalue weighted by atomic mass is 32.1. The predicted octanol–water partition coefficient (Wildman–Crippen LogP) is 1.75. The molecule has 1 aromatic rings. The van der Waals surface area contributed by atoms with E-state index in [1.165, 1.54) is 12.1 Å². The van der Waals surface area contributed by atoms with Gasteiger partial charge >= 0.3 is 0 Å². The van der Waals surface area contributed by atoms with Crippen LogP contribution in [0.15, 0.2) is 18.3 Å². The van der Waals surface area contributed by atoms with E-state index in [0.717, 1.165) is 6.20 Å². The fourth-order valence-corrected chi connectivity index (χ4v) is 1.57. The summed E-state index contributed by atoms with van der Waals surface area (Å²) in [6, 6.07) is 2.58. The monoisotopic (exact) mass is 269 g/mol. The van der Waals surface area contributed by atoms with Crippen molar-refractivity contribution in [3.63, 3.8) is 0 Å². The zero-order chi connectivity index (χ0) is 13.7. The quantitative estimate of drug-likeness (QED) is 0.827. The van der Waals surface area contributed by atoms with Crippen LogP contribution in [0.25, 0.3) is 0 Å². The van der Waals surface area contributed by atoms with Crippen LogP contribution in [0.3, 0.4) is 0 Å². The van der Waals surface area contributed by atoms with Gasteiger partial charge in [-0.05, 0) is 26.0 Å². The number of halogens is 1. The van der Waals surface area contributed by atoms with E-state index < -0.39 is 5.82 Å². The van der Waals surface area contributed by atoms with Crippen molar-refractivity contribution in [1.82, 2.24) is 9.88 Å². The Kier molecular flexibility index (Phi) is 5.15. The van der Waals surface area contributed by atoms with Gasteiger partial charge in [-0.2, -0.15) is 0 Å². The number of hydrogen-bond acceptors (Lipinski definition) is 3. The number of nitrogens with two attached hydrogens (primary N) is 1. The molecular formula is C12H16FN3OS. The molecule has 0 atom stereocenters. The fraction of sp³-hybridized carbons (Fsp3) is 0.417. The number of aromatic nitrogens is 1. The zero-order valence-electron chi connectivity index (χ0n) is 10.4. The van der Waals surface area contributed by atoms with E-state index in [1.807, 2.05) is 13.8 Å². The van der Waals surface area contributed by atoms with Gasteiger partial charge in [0.15, 0.2) is 0 Å². The Hall–Kier alpha value is -1.56. The molecule has 0 spiro atoms. The lowest BCUT2D eigenvalue weighted by molar-refractivity contribution is 0.0705. The number of rotatable bonds is 5. The third-order valence-electron chi connectivity index (χ3n) is 2.43. The van der Waals surface area contributed by atoms with Gasteiger partial charge in [-0.25, -0.2) is 9.37 Å². The minimum atomic E-state index is -0.467. The maximum absolute atomic E-state index is 12.7. The molecule has 1 rings (SSSR count). The first kappa shape index (κ1) is 14.5. The number of carbonyl (C=O) groups excluding carboxylic acids is 1. The Bertz CT molecular complexity index is 433. The molecule has 0 fully saturated rings. The SMILES string of the molecule is CC(C)N(CCC(N)=S)C(=O)c1ccc(F)cn1. The molecule has 6 heteroatoms. The zero-order valence-corrected chi connectivity index (χ0v) is 11.2. The van der Waals surface area contributed by atoms with E-state index in [2.05, 4.69) is 4.98 Å². The molecule has 0 saturated heterocycles. The first-order chi connectivity index (χ1) is 8.41. The maximum atomic E-state index is 12.7. The summed E-state index contributed by atoms with van der Waals surface area (Å²) in [5.41, 5.74) is 5.64. The van der Waals surface area contributed by atoms with E-state index in [9.17, 15) is 9.18 Å². The summed E-state index contributed by atoms with van der Waals surface area (Å²) in [5, 5.41) is 0. The summed E-state index contributed by atoms with van der Waals surface area (Å²) in [5.74, 6) is -0.716. The average Bonchev–Trinajstić information content (AvgIpc) is 2.29. The summed E-state index contributed by atoms with van der Waals surface area (Å²) in [6.45, 7) is 4.22. The molecule has 0 aliphatic rings.